The van der Waals surface area contributed by atoms with Crippen LogP contribution in [0.4, 0.5) is 11.5 Å². The van der Waals surface area contributed by atoms with E-state index in [4.69, 9.17) is 15.2 Å². The Balaban J connectivity index is 2.16. The molecule has 0 amide bonds. The Labute approximate surface area is 145 Å². The fourth-order valence-electron chi connectivity index (χ4n) is 2.66. The maximum absolute atomic E-state index is 11.7. The van der Waals surface area contributed by atoms with Crippen molar-refractivity contribution in [2.24, 2.45) is 0 Å². The average molecular weight is 344 g/mol. The van der Waals surface area contributed by atoms with Crippen LogP contribution in [0.5, 0.6) is 5.75 Å². The molecular weight excluding hydrogens is 324 g/mol. The maximum atomic E-state index is 11.7. The number of morpholine rings is 1. The van der Waals surface area contributed by atoms with Gasteiger partial charge in [0.2, 0.25) is 0 Å². The molecule has 3 N–H and O–H groups in total. The molecule has 2 aromatic rings. The summed E-state index contributed by atoms with van der Waals surface area (Å²) >= 11 is 0. The monoisotopic (exact) mass is 344 g/mol. The molecule has 0 saturated carbocycles. The number of benzene rings is 1. The SMILES string of the molecule is CCOc1c(C(=O)O)nc(-c2cccc(N)c2)nc1N1CCOCC1. The molecule has 0 aliphatic carbocycles. The molecule has 8 heteroatoms. The van der Waals surface area contributed by atoms with Crippen molar-refractivity contribution < 1.29 is 19.4 Å². The third-order valence-electron chi connectivity index (χ3n) is 3.79. The van der Waals surface area contributed by atoms with Gasteiger partial charge in [0.05, 0.1) is 19.8 Å². The zero-order valence-corrected chi connectivity index (χ0v) is 13.9. The van der Waals surface area contributed by atoms with Crippen LogP contribution in [0.25, 0.3) is 11.4 Å². The van der Waals surface area contributed by atoms with Crippen molar-refractivity contribution in [3.63, 3.8) is 0 Å². The van der Waals surface area contributed by atoms with Gasteiger partial charge in [-0.05, 0) is 19.1 Å². The molecule has 0 unspecified atom stereocenters. The Morgan fingerprint density at radius 2 is 2.12 bits per heavy atom. The number of hydrogen-bond acceptors (Lipinski definition) is 7. The number of anilines is 2. The summed E-state index contributed by atoms with van der Waals surface area (Å²) < 4.78 is 11.0. The molecule has 1 saturated heterocycles. The van der Waals surface area contributed by atoms with Gasteiger partial charge in [-0.25, -0.2) is 14.8 Å². The van der Waals surface area contributed by atoms with Crippen LogP contribution in [0.15, 0.2) is 24.3 Å². The number of nitrogens with two attached hydrogens (primary N) is 1. The van der Waals surface area contributed by atoms with Crippen molar-refractivity contribution in [1.82, 2.24) is 9.97 Å². The number of ether oxygens (including phenoxy) is 2. The molecule has 0 radical (unpaired) electrons. The fraction of sp³-hybridized carbons (Fsp3) is 0.353. The number of hydrogen-bond donors (Lipinski definition) is 2. The number of carboxylic acid groups (broad SMARTS) is 1. The van der Waals surface area contributed by atoms with Gasteiger partial charge in [-0.1, -0.05) is 12.1 Å². The van der Waals surface area contributed by atoms with Gasteiger partial charge in [0, 0.05) is 24.3 Å². The smallest absolute Gasteiger partial charge is 0.358 e. The summed E-state index contributed by atoms with van der Waals surface area (Å²) in [5.74, 6) is -0.209. The lowest BCUT2D eigenvalue weighted by Gasteiger charge is -2.29. The van der Waals surface area contributed by atoms with Crippen LogP contribution in [-0.2, 0) is 4.74 Å². The summed E-state index contributed by atoms with van der Waals surface area (Å²) in [4.78, 5) is 22.5. The van der Waals surface area contributed by atoms with E-state index in [0.29, 0.717) is 55.8 Å². The Morgan fingerprint density at radius 3 is 2.76 bits per heavy atom. The van der Waals surface area contributed by atoms with Gasteiger partial charge in [0.15, 0.2) is 23.1 Å². The number of carbonyl (C=O) groups is 1. The van der Waals surface area contributed by atoms with Crippen LogP contribution in [0.1, 0.15) is 17.4 Å². The molecule has 1 aromatic carbocycles. The molecule has 3 rings (SSSR count). The molecule has 1 aromatic heterocycles. The first-order chi connectivity index (χ1) is 12.1. The largest absolute Gasteiger partial charge is 0.488 e. The van der Waals surface area contributed by atoms with E-state index < -0.39 is 5.97 Å². The standard InChI is InChI=1S/C17H20N4O4/c1-2-25-14-13(17(22)23)19-15(11-4-3-5-12(18)10-11)20-16(14)21-6-8-24-9-7-21/h3-5,10H,2,6-9,18H2,1H3,(H,22,23). The summed E-state index contributed by atoms with van der Waals surface area (Å²) in [6.45, 7) is 4.41. The number of rotatable bonds is 5. The molecule has 25 heavy (non-hydrogen) atoms. The van der Waals surface area contributed by atoms with Crippen LogP contribution in [-0.4, -0.2) is 54.0 Å². The first-order valence-electron chi connectivity index (χ1n) is 8.07. The second-order valence-electron chi connectivity index (χ2n) is 5.51. The van der Waals surface area contributed by atoms with Gasteiger partial charge < -0.3 is 25.2 Å². The Bertz CT molecular complexity index is 775. The van der Waals surface area contributed by atoms with Gasteiger partial charge in [-0.15, -0.1) is 0 Å². The maximum Gasteiger partial charge on any atom is 0.358 e. The van der Waals surface area contributed by atoms with Crippen molar-refractivity contribution in [3.05, 3.63) is 30.0 Å². The predicted molar refractivity (Wildman–Crippen MR) is 93.0 cm³/mol. The van der Waals surface area contributed by atoms with Crippen molar-refractivity contribution >= 4 is 17.5 Å². The van der Waals surface area contributed by atoms with E-state index in [1.54, 1.807) is 31.2 Å². The molecule has 8 nitrogen and oxygen atoms in total. The van der Waals surface area contributed by atoms with Crippen LogP contribution in [0.2, 0.25) is 0 Å². The van der Waals surface area contributed by atoms with Gasteiger partial charge in [-0.2, -0.15) is 0 Å². The summed E-state index contributed by atoms with van der Waals surface area (Å²) in [5.41, 5.74) is 6.88. The number of carboxylic acids is 1. The van der Waals surface area contributed by atoms with Crippen LogP contribution in [0, 0.1) is 0 Å². The van der Waals surface area contributed by atoms with Gasteiger partial charge in [0.25, 0.3) is 0 Å². The third-order valence-corrected chi connectivity index (χ3v) is 3.79. The fourth-order valence-corrected chi connectivity index (χ4v) is 2.66. The Hall–Kier alpha value is -2.87. The summed E-state index contributed by atoms with van der Waals surface area (Å²) in [6, 6.07) is 7.03. The first kappa shape index (κ1) is 17.0. The molecule has 1 fully saturated rings. The zero-order chi connectivity index (χ0) is 17.8. The predicted octanol–water partition coefficient (Wildman–Crippen LogP) is 1.66. The minimum Gasteiger partial charge on any atom is -0.488 e. The summed E-state index contributed by atoms with van der Waals surface area (Å²) in [6.07, 6.45) is 0. The van der Waals surface area contributed by atoms with Crippen molar-refractivity contribution in [2.75, 3.05) is 43.5 Å². The van der Waals surface area contributed by atoms with E-state index in [-0.39, 0.29) is 11.4 Å². The lowest BCUT2D eigenvalue weighted by atomic mass is 10.2. The number of nitrogens with zero attached hydrogens (tertiary/aromatic N) is 3. The molecule has 132 valence electrons. The number of nitrogen functional groups attached to an aromatic ring is 1. The molecular formula is C17H20N4O4. The highest BCUT2D eigenvalue weighted by Gasteiger charge is 2.26. The van der Waals surface area contributed by atoms with Crippen LogP contribution >= 0.6 is 0 Å². The van der Waals surface area contributed by atoms with Crippen molar-refractivity contribution in [2.45, 2.75) is 6.92 Å². The Morgan fingerprint density at radius 1 is 1.36 bits per heavy atom. The second-order valence-corrected chi connectivity index (χ2v) is 5.51. The second kappa shape index (κ2) is 7.35. The average Bonchev–Trinajstić information content (AvgIpc) is 2.62. The van der Waals surface area contributed by atoms with E-state index in [9.17, 15) is 9.90 Å². The number of aromatic nitrogens is 2. The first-order valence-corrected chi connectivity index (χ1v) is 8.07. The van der Waals surface area contributed by atoms with E-state index in [1.807, 2.05) is 4.90 Å². The van der Waals surface area contributed by atoms with Crippen LogP contribution < -0.4 is 15.4 Å². The minimum atomic E-state index is -1.16. The normalized spacial score (nSPS) is 14.4. The zero-order valence-electron chi connectivity index (χ0n) is 13.9. The van der Waals surface area contributed by atoms with E-state index in [0.717, 1.165) is 0 Å². The lowest BCUT2D eigenvalue weighted by Crippen LogP contribution is -2.37. The molecule has 0 bridgehead atoms. The highest BCUT2D eigenvalue weighted by atomic mass is 16.5. The van der Waals surface area contributed by atoms with E-state index in [1.165, 1.54) is 0 Å². The van der Waals surface area contributed by atoms with E-state index in [2.05, 4.69) is 9.97 Å². The highest BCUT2D eigenvalue weighted by molar-refractivity contribution is 5.91. The number of aromatic carboxylic acids is 1. The van der Waals surface area contributed by atoms with Crippen molar-refractivity contribution in [3.8, 4) is 17.1 Å². The van der Waals surface area contributed by atoms with Gasteiger partial charge in [-0.3, -0.25) is 0 Å². The molecule has 0 atom stereocenters. The van der Waals surface area contributed by atoms with Crippen molar-refractivity contribution in [1.29, 1.82) is 0 Å². The lowest BCUT2D eigenvalue weighted by molar-refractivity contribution is 0.0685. The summed E-state index contributed by atoms with van der Waals surface area (Å²) in [7, 11) is 0. The van der Waals surface area contributed by atoms with Gasteiger partial charge in [0.1, 0.15) is 0 Å². The molecule has 0 spiro atoms. The van der Waals surface area contributed by atoms with E-state index >= 15 is 0 Å². The molecule has 1 aliphatic rings. The highest BCUT2D eigenvalue weighted by Crippen LogP contribution is 2.33. The third kappa shape index (κ3) is 3.63. The topological polar surface area (TPSA) is 111 Å². The molecule has 2 heterocycles. The Kier molecular flexibility index (Phi) is 4.99. The summed E-state index contributed by atoms with van der Waals surface area (Å²) in [5, 5.41) is 9.60. The van der Waals surface area contributed by atoms with Crippen LogP contribution in [0.3, 0.4) is 0 Å². The molecule has 1 aliphatic heterocycles. The van der Waals surface area contributed by atoms with Gasteiger partial charge >= 0.3 is 5.97 Å². The quantitative estimate of drug-likeness (QED) is 0.788. The minimum absolute atomic E-state index is 0.157.